The van der Waals surface area contributed by atoms with Gasteiger partial charge in [-0.3, -0.25) is 4.79 Å². The molecule has 0 aliphatic heterocycles. The van der Waals surface area contributed by atoms with Crippen LogP contribution >= 0.6 is 0 Å². The summed E-state index contributed by atoms with van der Waals surface area (Å²) < 4.78 is 5.88. The number of nitrogens with zero attached hydrogens (tertiary/aromatic N) is 1. The van der Waals surface area contributed by atoms with Crippen LogP contribution in [-0.2, 0) is 4.79 Å². The van der Waals surface area contributed by atoms with E-state index in [4.69, 9.17) is 4.74 Å². The fraction of sp³-hybridized carbons (Fsp3) is 0.632. The van der Waals surface area contributed by atoms with Gasteiger partial charge in [0.15, 0.2) is 0 Å². The maximum atomic E-state index is 12.6. The van der Waals surface area contributed by atoms with Gasteiger partial charge in [-0.25, -0.2) is 0 Å². The number of rotatable bonds is 6. The predicted molar refractivity (Wildman–Crippen MR) is 90.3 cm³/mol. The molecule has 0 aromatic heterocycles. The molecule has 22 heavy (non-hydrogen) atoms. The second-order valence-corrected chi connectivity index (χ2v) is 6.65. The molecule has 1 aliphatic carbocycles. The third-order valence-corrected chi connectivity index (χ3v) is 4.53. The highest BCUT2D eigenvalue weighted by Crippen LogP contribution is 2.26. The number of ether oxygens (including phenoxy) is 1. The van der Waals surface area contributed by atoms with Crippen molar-refractivity contribution in [1.82, 2.24) is 4.90 Å². The minimum absolute atomic E-state index is 0.230. The van der Waals surface area contributed by atoms with E-state index in [0.717, 1.165) is 29.7 Å². The highest BCUT2D eigenvalue weighted by atomic mass is 16.5. The van der Waals surface area contributed by atoms with Gasteiger partial charge in [-0.05, 0) is 51.7 Å². The average molecular weight is 303 g/mol. The van der Waals surface area contributed by atoms with Crippen molar-refractivity contribution in [2.75, 3.05) is 6.61 Å². The number of para-hydroxylation sites is 1. The SMILES string of the molecule is Cc1cccc(C)c1OCCC(=O)N(C(C)C)C1CCCC1. The van der Waals surface area contributed by atoms with Crippen molar-refractivity contribution in [3.05, 3.63) is 29.3 Å². The summed E-state index contributed by atoms with van der Waals surface area (Å²) in [7, 11) is 0. The lowest BCUT2D eigenvalue weighted by Gasteiger charge is -2.33. The number of carbonyl (C=O) groups excluding carboxylic acids is 1. The van der Waals surface area contributed by atoms with E-state index < -0.39 is 0 Å². The topological polar surface area (TPSA) is 29.5 Å². The van der Waals surface area contributed by atoms with Crippen LogP contribution in [0.2, 0.25) is 0 Å². The molecule has 3 nitrogen and oxygen atoms in total. The number of hydrogen-bond donors (Lipinski definition) is 0. The van der Waals surface area contributed by atoms with E-state index in [-0.39, 0.29) is 11.9 Å². The molecule has 122 valence electrons. The van der Waals surface area contributed by atoms with Gasteiger partial charge >= 0.3 is 0 Å². The van der Waals surface area contributed by atoms with E-state index >= 15 is 0 Å². The first-order chi connectivity index (χ1) is 10.5. The second kappa shape index (κ2) is 7.66. The highest BCUT2D eigenvalue weighted by molar-refractivity contribution is 5.77. The van der Waals surface area contributed by atoms with Crippen LogP contribution in [0.25, 0.3) is 0 Å². The van der Waals surface area contributed by atoms with Gasteiger partial charge < -0.3 is 9.64 Å². The van der Waals surface area contributed by atoms with Crippen molar-refractivity contribution < 1.29 is 9.53 Å². The van der Waals surface area contributed by atoms with Crippen molar-refractivity contribution in [2.24, 2.45) is 0 Å². The van der Waals surface area contributed by atoms with Gasteiger partial charge in [0.05, 0.1) is 13.0 Å². The predicted octanol–water partition coefficient (Wildman–Crippen LogP) is 4.25. The summed E-state index contributed by atoms with van der Waals surface area (Å²) in [6, 6.07) is 6.83. The molecule has 1 aromatic rings. The normalized spacial score (nSPS) is 15.3. The van der Waals surface area contributed by atoms with Crippen LogP contribution in [0.1, 0.15) is 57.1 Å². The molecule has 3 heteroatoms. The van der Waals surface area contributed by atoms with E-state index in [1.807, 2.05) is 32.0 Å². The molecular formula is C19H29NO2. The van der Waals surface area contributed by atoms with Gasteiger partial charge in [-0.1, -0.05) is 31.0 Å². The van der Waals surface area contributed by atoms with E-state index in [1.165, 1.54) is 12.8 Å². The van der Waals surface area contributed by atoms with Gasteiger partial charge in [-0.15, -0.1) is 0 Å². The molecule has 1 aromatic carbocycles. The number of hydrogen-bond acceptors (Lipinski definition) is 2. The van der Waals surface area contributed by atoms with E-state index in [0.29, 0.717) is 19.1 Å². The number of amides is 1. The van der Waals surface area contributed by atoms with Crippen molar-refractivity contribution in [1.29, 1.82) is 0 Å². The zero-order valence-electron chi connectivity index (χ0n) is 14.4. The molecule has 2 rings (SSSR count). The molecular weight excluding hydrogens is 274 g/mol. The van der Waals surface area contributed by atoms with Gasteiger partial charge in [0.1, 0.15) is 5.75 Å². The van der Waals surface area contributed by atoms with E-state index in [2.05, 4.69) is 18.7 Å². The molecule has 1 aliphatic rings. The van der Waals surface area contributed by atoms with Crippen molar-refractivity contribution >= 4 is 5.91 Å². The average Bonchev–Trinajstić information content (AvgIpc) is 2.95. The van der Waals surface area contributed by atoms with Gasteiger partial charge in [0.25, 0.3) is 0 Å². The quantitative estimate of drug-likeness (QED) is 0.786. The van der Waals surface area contributed by atoms with Gasteiger partial charge in [0.2, 0.25) is 5.91 Å². The third-order valence-electron chi connectivity index (χ3n) is 4.53. The Bertz CT molecular complexity index is 484. The summed E-state index contributed by atoms with van der Waals surface area (Å²) in [5.41, 5.74) is 2.26. The number of benzene rings is 1. The maximum Gasteiger partial charge on any atom is 0.226 e. The summed E-state index contributed by atoms with van der Waals surface area (Å²) in [5, 5.41) is 0. The summed E-state index contributed by atoms with van der Waals surface area (Å²) >= 11 is 0. The lowest BCUT2D eigenvalue weighted by Crippen LogP contribution is -2.44. The standard InChI is InChI=1S/C19H29NO2/c1-14(2)20(17-10-5-6-11-17)18(21)12-13-22-19-15(3)8-7-9-16(19)4/h7-9,14,17H,5-6,10-13H2,1-4H3. The number of aryl methyl sites for hydroxylation is 2. The minimum Gasteiger partial charge on any atom is -0.493 e. The van der Waals surface area contributed by atoms with Crippen LogP contribution in [0.4, 0.5) is 0 Å². The van der Waals surface area contributed by atoms with Crippen LogP contribution < -0.4 is 4.74 Å². The zero-order valence-corrected chi connectivity index (χ0v) is 14.4. The molecule has 0 radical (unpaired) electrons. The van der Waals surface area contributed by atoms with Crippen LogP contribution in [0.3, 0.4) is 0 Å². The molecule has 1 amide bonds. The molecule has 0 saturated heterocycles. The largest absolute Gasteiger partial charge is 0.493 e. The van der Waals surface area contributed by atoms with Crippen molar-refractivity contribution in [2.45, 2.75) is 71.9 Å². The molecule has 0 bridgehead atoms. The van der Waals surface area contributed by atoms with Crippen LogP contribution in [0.15, 0.2) is 18.2 Å². The molecule has 0 spiro atoms. The Morgan fingerprint density at radius 2 is 1.82 bits per heavy atom. The summed E-state index contributed by atoms with van der Waals surface area (Å²) in [6.07, 6.45) is 5.27. The lowest BCUT2D eigenvalue weighted by atomic mass is 10.1. The fourth-order valence-corrected chi connectivity index (χ4v) is 3.49. The Labute approximate surface area is 134 Å². The van der Waals surface area contributed by atoms with Crippen LogP contribution in [0, 0.1) is 13.8 Å². The van der Waals surface area contributed by atoms with Crippen molar-refractivity contribution in [3.63, 3.8) is 0 Å². The van der Waals surface area contributed by atoms with E-state index in [1.54, 1.807) is 0 Å². The first kappa shape index (κ1) is 16.9. The maximum absolute atomic E-state index is 12.6. The first-order valence-corrected chi connectivity index (χ1v) is 8.51. The summed E-state index contributed by atoms with van der Waals surface area (Å²) in [5.74, 6) is 1.15. The van der Waals surface area contributed by atoms with Crippen LogP contribution in [-0.4, -0.2) is 29.5 Å². The summed E-state index contributed by atoms with van der Waals surface area (Å²) in [6.45, 7) is 8.78. The Morgan fingerprint density at radius 3 is 2.36 bits per heavy atom. The molecule has 0 atom stereocenters. The van der Waals surface area contributed by atoms with Crippen LogP contribution in [0.5, 0.6) is 5.75 Å². The zero-order chi connectivity index (χ0) is 16.1. The molecule has 0 heterocycles. The number of carbonyl (C=O) groups is 1. The minimum atomic E-state index is 0.230. The Balaban J connectivity index is 1.91. The molecule has 0 N–H and O–H groups in total. The first-order valence-electron chi connectivity index (χ1n) is 8.51. The molecule has 0 unspecified atom stereocenters. The fourth-order valence-electron chi connectivity index (χ4n) is 3.49. The smallest absolute Gasteiger partial charge is 0.226 e. The molecule has 1 fully saturated rings. The third kappa shape index (κ3) is 4.02. The van der Waals surface area contributed by atoms with Gasteiger partial charge in [-0.2, -0.15) is 0 Å². The Kier molecular flexibility index (Phi) is 5.87. The summed E-state index contributed by atoms with van der Waals surface area (Å²) in [4.78, 5) is 14.7. The molecule has 1 saturated carbocycles. The highest BCUT2D eigenvalue weighted by Gasteiger charge is 2.28. The Hall–Kier alpha value is -1.51. The van der Waals surface area contributed by atoms with E-state index in [9.17, 15) is 4.79 Å². The van der Waals surface area contributed by atoms with Crippen molar-refractivity contribution in [3.8, 4) is 5.75 Å². The second-order valence-electron chi connectivity index (χ2n) is 6.65. The Morgan fingerprint density at radius 1 is 1.23 bits per heavy atom. The lowest BCUT2D eigenvalue weighted by molar-refractivity contribution is -0.135. The van der Waals surface area contributed by atoms with Gasteiger partial charge in [0, 0.05) is 12.1 Å². The monoisotopic (exact) mass is 303 g/mol.